The Morgan fingerprint density at radius 2 is 2.00 bits per heavy atom. The fourth-order valence-corrected chi connectivity index (χ4v) is 2.04. The Labute approximate surface area is 129 Å². The van der Waals surface area contributed by atoms with Crippen LogP contribution in [-0.4, -0.2) is 10.9 Å². The number of aromatic nitrogens is 1. The first-order chi connectivity index (χ1) is 10.7. The number of pyridine rings is 1. The van der Waals surface area contributed by atoms with E-state index in [1.807, 2.05) is 0 Å². The highest BCUT2D eigenvalue weighted by Gasteiger charge is 2.34. The molecule has 0 aliphatic carbocycles. The molecule has 118 valence electrons. The summed E-state index contributed by atoms with van der Waals surface area (Å²) < 4.78 is 39.2. The van der Waals surface area contributed by atoms with Crippen molar-refractivity contribution in [2.75, 3.05) is 10.6 Å². The minimum absolute atomic E-state index is 0.0538. The number of benzene rings is 1. The van der Waals surface area contributed by atoms with E-state index >= 15 is 0 Å². The molecule has 5 nitrogen and oxygen atoms in total. The first kappa shape index (κ1) is 16.3. The van der Waals surface area contributed by atoms with Crippen LogP contribution in [0.3, 0.4) is 0 Å². The van der Waals surface area contributed by atoms with E-state index in [9.17, 15) is 18.0 Å². The maximum atomic E-state index is 13.1. The second-order valence-electron chi connectivity index (χ2n) is 4.64. The number of nitrogen functional groups attached to an aromatic ring is 1. The van der Waals surface area contributed by atoms with Crippen LogP contribution in [0, 0.1) is 11.3 Å². The minimum atomic E-state index is -4.72. The maximum absolute atomic E-state index is 13.1. The van der Waals surface area contributed by atoms with Crippen LogP contribution >= 0.6 is 0 Å². The molecule has 0 atom stereocenters. The van der Waals surface area contributed by atoms with E-state index in [-0.39, 0.29) is 11.5 Å². The number of halogens is 3. The van der Waals surface area contributed by atoms with Crippen molar-refractivity contribution in [1.82, 2.24) is 4.98 Å². The summed E-state index contributed by atoms with van der Waals surface area (Å²) in [6, 6.07) is 7.35. The predicted molar refractivity (Wildman–Crippen MR) is 77.6 cm³/mol. The summed E-state index contributed by atoms with van der Waals surface area (Å²) in [5.74, 6) is -0.448. The number of nitrogens with two attached hydrogens (primary N) is 1. The van der Waals surface area contributed by atoms with Crippen LogP contribution in [0.25, 0.3) is 0 Å². The first-order valence-corrected chi connectivity index (χ1v) is 6.37. The molecule has 0 saturated carbocycles. The molecule has 0 bridgehead atoms. The number of hydrogen-bond acceptors (Lipinski definition) is 4. The Kier molecular flexibility index (Phi) is 4.22. The lowest BCUT2D eigenvalue weighted by molar-refractivity contribution is -0.137. The largest absolute Gasteiger partial charge is 0.417 e. The molecule has 0 radical (unpaired) electrons. The first-order valence-electron chi connectivity index (χ1n) is 6.37. The molecule has 0 aliphatic rings. The number of nitriles is 1. The third kappa shape index (κ3) is 3.40. The zero-order chi connectivity index (χ0) is 17.2. The molecule has 8 heteroatoms. The number of anilines is 3. The van der Waals surface area contributed by atoms with Crippen LogP contribution in [-0.2, 0) is 11.0 Å². The van der Waals surface area contributed by atoms with Crippen molar-refractivity contribution < 1.29 is 18.0 Å². The van der Waals surface area contributed by atoms with E-state index < -0.39 is 23.2 Å². The van der Waals surface area contributed by atoms with Crippen molar-refractivity contribution in [3.63, 3.8) is 0 Å². The number of carbonyl (C=O) groups is 1. The SMILES string of the molecule is CC(=O)N(c1ccc(C#N)c(C(F)(F)F)c1)c1cc(N)ccn1. The quantitative estimate of drug-likeness (QED) is 0.921. The summed E-state index contributed by atoms with van der Waals surface area (Å²) >= 11 is 0. The predicted octanol–water partition coefficient (Wildman–Crippen LogP) is 3.24. The van der Waals surface area contributed by atoms with Crippen LogP contribution in [0.2, 0.25) is 0 Å². The van der Waals surface area contributed by atoms with Crippen LogP contribution in [0.4, 0.5) is 30.4 Å². The van der Waals surface area contributed by atoms with Gasteiger partial charge in [0, 0.05) is 24.9 Å². The Balaban J connectivity index is 2.62. The van der Waals surface area contributed by atoms with Crippen LogP contribution < -0.4 is 10.6 Å². The lowest BCUT2D eigenvalue weighted by atomic mass is 10.1. The summed E-state index contributed by atoms with van der Waals surface area (Å²) in [5, 5.41) is 8.81. The van der Waals surface area contributed by atoms with Gasteiger partial charge in [-0.1, -0.05) is 0 Å². The molecule has 1 aromatic heterocycles. The van der Waals surface area contributed by atoms with Gasteiger partial charge in [0.25, 0.3) is 0 Å². The fourth-order valence-electron chi connectivity index (χ4n) is 2.04. The molecule has 0 spiro atoms. The molecule has 0 aliphatic heterocycles. The standard InChI is InChI=1S/C15H11F3N4O/c1-9(23)22(14-6-11(20)4-5-21-14)12-3-2-10(8-19)13(7-12)15(16,17)18/h2-7H,1H3,(H2,20,21). The van der Waals surface area contributed by atoms with Gasteiger partial charge in [-0.3, -0.25) is 9.69 Å². The van der Waals surface area contributed by atoms with E-state index in [0.29, 0.717) is 5.69 Å². The van der Waals surface area contributed by atoms with Gasteiger partial charge in [0.2, 0.25) is 5.91 Å². The summed E-state index contributed by atoms with van der Waals surface area (Å²) in [6.45, 7) is 1.19. The van der Waals surface area contributed by atoms with Crippen LogP contribution in [0.1, 0.15) is 18.1 Å². The molecule has 0 fully saturated rings. The second-order valence-corrected chi connectivity index (χ2v) is 4.64. The summed E-state index contributed by atoms with van der Waals surface area (Å²) in [6.07, 6.45) is -3.37. The molecular weight excluding hydrogens is 309 g/mol. The highest BCUT2D eigenvalue weighted by Crippen LogP contribution is 2.36. The minimum Gasteiger partial charge on any atom is -0.399 e. The summed E-state index contributed by atoms with van der Waals surface area (Å²) in [4.78, 5) is 16.8. The Morgan fingerprint density at radius 3 is 2.52 bits per heavy atom. The maximum Gasteiger partial charge on any atom is 0.417 e. The van der Waals surface area contributed by atoms with Crippen LogP contribution in [0.15, 0.2) is 36.5 Å². The van der Waals surface area contributed by atoms with Crippen molar-refractivity contribution in [1.29, 1.82) is 5.26 Å². The van der Waals surface area contributed by atoms with E-state index in [2.05, 4.69) is 4.98 Å². The van der Waals surface area contributed by atoms with E-state index in [4.69, 9.17) is 11.0 Å². The van der Waals surface area contributed by atoms with Gasteiger partial charge >= 0.3 is 6.18 Å². The zero-order valence-electron chi connectivity index (χ0n) is 11.9. The zero-order valence-corrected chi connectivity index (χ0v) is 11.9. The number of rotatable bonds is 2. The normalized spacial score (nSPS) is 10.9. The van der Waals surface area contributed by atoms with Gasteiger partial charge in [0.1, 0.15) is 5.82 Å². The van der Waals surface area contributed by atoms with Gasteiger partial charge in [-0.15, -0.1) is 0 Å². The van der Waals surface area contributed by atoms with Gasteiger partial charge in [-0.05, 0) is 24.3 Å². The lowest BCUT2D eigenvalue weighted by Gasteiger charge is -2.22. The Hall–Kier alpha value is -3.08. The molecule has 1 heterocycles. The van der Waals surface area contributed by atoms with Crippen molar-refractivity contribution in [3.8, 4) is 6.07 Å². The van der Waals surface area contributed by atoms with E-state index in [1.54, 1.807) is 0 Å². The van der Waals surface area contributed by atoms with Crippen molar-refractivity contribution in [3.05, 3.63) is 47.7 Å². The van der Waals surface area contributed by atoms with E-state index in [0.717, 1.165) is 17.0 Å². The number of alkyl halides is 3. The number of amides is 1. The smallest absolute Gasteiger partial charge is 0.399 e. The van der Waals surface area contributed by atoms with Gasteiger partial charge < -0.3 is 5.73 Å². The molecule has 2 rings (SSSR count). The fraction of sp³-hybridized carbons (Fsp3) is 0.133. The monoisotopic (exact) mass is 320 g/mol. The molecule has 2 aromatic rings. The summed E-state index contributed by atoms with van der Waals surface area (Å²) in [7, 11) is 0. The highest BCUT2D eigenvalue weighted by molar-refractivity contribution is 5.98. The lowest BCUT2D eigenvalue weighted by Crippen LogP contribution is -2.24. The van der Waals surface area contributed by atoms with Crippen molar-refractivity contribution in [2.45, 2.75) is 13.1 Å². The van der Waals surface area contributed by atoms with Crippen molar-refractivity contribution in [2.24, 2.45) is 0 Å². The Bertz CT molecular complexity index is 796. The topological polar surface area (TPSA) is 83.0 Å². The molecular formula is C15H11F3N4O. The van der Waals surface area contributed by atoms with Gasteiger partial charge in [-0.25, -0.2) is 4.98 Å². The molecule has 23 heavy (non-hydrogen) atoms. The summed E-state index contributed by atoms with van der Waals surface area (Å²) in [5.41, 5.74) is 4.23. The third-order valence-electron chi connectivity index (χ3n) is 3.00. The molecule has 1 aromatic carbocycles. The average Bonchev–Trinajstić information content (AvgIpc) is 2.46. The van der Waals surface area contributed by atoms with Gasteiger partial charge in [0.05, 0.1) is 22.9 Å². The molecule has 2 N–H and O–H groups in total. The van der Waals surface area contributed by atoms with Gasteiger partial charge in [0.15, 0.2) is 0 Å². The van der Waals surface area contributed by atoms with Crippen LogP contribution in [0.5, 0.6) is 0 Å². The third-order valence-corrected chi connectivity index (χ3v) is 3.00. The molecule has 0 unspecified atom stereocenters. The number of carbonyl (C=O) groups excluding carboxylic acids is 1. The number of nitrogens with zero attached hydrogens (tertiary/aromatic N) is 3. The number of hydrogen-bond donors (Lipinski definition) is 1. The van der Waals surface area contributed by atoms with E-state index in [1.165, 1.54) is 37.4 Å². The highest BCUT2D eigenvalue weighted by atomic mass is 19.4. The van der Waals surface area contributed by atoms with Crippen molar-refractivity contribution >= 4 is 23.1 Å². The second kappa shape index (κ2) is 5.96. The molecule has 1 amide bonds. The Morgan fingerprint density at radius 1 is 1.30 bits per heavy atom. The molecule has 0 saturated heterocycles. The van der Waals surface area contributed by atoms with Gasteiger partial charge in [-0.2, -0.15) is 18.4 Å². The average molecular weight is 320 g/mol.